The minimum Gasteiger partial charge on any atom is -0.494 e. The molecule has 1 aliphatic carbocycles. The second kappa shape index (κ2) is 7.58. The molecule has 2 unspecified atom stereocenters. The molecule has 3 heteroatoms. The van der Waals surface area contributed by atoms with Gasteiger partial charge in [-0.25, -0.2) is 0 Å². The Morgan fingerprint density at radius 1 is 1.09 bits per heavy atom. The second-order valence-corrected chi connectivity index (χ2v) is 5.50. The standard InChI is InChI=1S/C16H17NO2.2C2H6/c1-10-3-4-13-12(7-10)17-5-6-18-14-8-11(2)9-15(19-13)16(14)17;2*1-2/h3-4,7-9,15-16H,5-6H2,1-2H3;2*1-2H3. The molecule has 1 aromatic rings. The minimum absolute atomic E-state index is 0.0653. The van der Waals surface area contributed by atoms with Gasteiger partial charge in [-0.05, 0) is 49.3 Å². The van der Waals surface area contributed by atoms with Crippen molar-refractivity contribution in [1.82, 2.24) is 0 Å². The molecule has 2 heterocycles. The van der Waals surface area contributed by atoms with Crippen LogP contribution in [0, 0.1) is 6.92 Å². The summed E-state index contributed by atoms with van der Waals surface area (Å²) in [6.45, 7) is 13.9. The van der Waals surface area contributed by atoms with Crippen LogP contribution in [0.4, 0.5) is 5.69 Å². The van der Waals surface area contributed by atoms with Crippen LogP contribution < -0.4 is 9.64 Å². The van der Waals surface area contributed by atoms with E-state index in [9.17, 15) is 0 Å². The number of hydrogen-bond acceptors (Lipinski definition) is 3. The highest BCUT2D eigenvalue weighted by atomic mass is 16.5. The molecule has 126 valence electrons. The van der Waals surface area contributed by atoms with Gasteiger partial charge in [0.1, 0.15) is 30.3 Å². The van der Waals surface area contributed by atoms with Gasteiger partial charge in [0.15, 0.2) is 0 Å². The Hall–Kier alpha value is -1.90. The van der Waals surface area contributed by atoms with Crippen molar-refractivity contribution in [3.05, 3.63) is 47.2 Å². The first-order chi connectivity index (χ1) is 11.2. The zero-order valence-electron chi connectivity index (χ0n) is 15.2. The number of hydrogen-bond donors (Lipinski definition) is 0. The third-order valence-corrected chi connectivity index (χ3v) is 4.02. The van der Waals surface area contributed by atoms with Crippen LogP contribution in [0.15, 0.2) is 41.7 Å². The predicted octanol–water partition coefficient (Wildman–Crippen LogP) is 4.86. The molecule has 0 N–H and O–H groups in total. The van der Waals surface area contributed by atoms with Crippen molar-refractivity contribution in [3.63, 3.8) is 0 Å². The van der Waals surface area contributed by atoms with Gasteiger partial charge < -0.3 is 14.4 Å². The molecule has 3 nitrogen and oxygen atoms in total. The van der Waals surface area contributed by atoms with Gasteiger partial charge in [0.2, 0.25) is 0 Å². The molecule has 0 amide bonds. The third kappa shape index (κ3) is 3.24. The van der Waals surface area contributed by atoms with Crippen LogP contribution in [-0.2, 0) is 4.74 Å². The van der Waals surface area contributed by atoms with Crippen LogP contribution in [0.5, 0.6) is 5.75 Å². The van der Waals surface area contributed by atoms with E-state index >= 15 is 0 Å². The summed E-state index contributed by atoms with van der Waals surface area (Å²) in [6, 6.07) is 6.60. The van der Waals surface area contributed by atoms with E-state index in [1.807, 2.05) is 27.7 Å². The van der Waals surface area contributed by atoms with Gasteiger partial charge in [0, 0.05) is 0 Å². The van der Waals surface area contributed by atoms with E-state index < -0.39 is 0 Å². The highest BCUT2D eigenvalue weighted by molar-refractivity contribution is 5.65. The van der Waals surface area contributed by atoms with Gasteiger partial charge in [-0.1, -0.05) is 33.8 Å². The molecule has 23 heavy (non-hydrogen) atoms. The van der Waals surface area contributed by atoms with E-state index in [1.54, 1.807) is 0 Å². The summed E-state index contributed by atoms with van der Waals surface area (Å²) in [5.74, 6) is 2.03. The van der Waals surface area contributed by atoms with E-state index in [4.69, 9.17) is 9.47 Å². The lowest BCUT2D eigenvalue weighted by molar-refractivity contribution is 0.105. The van der Waals surface area contributed by atoms with E-state index in [-0.39, 0.29) is 12.1 Å². The number of aryl methyl sites for hydroxylation is 1. The summed E-state index contributed by atoms with van der Waals surface area (Å²) in [5, 5.41) is 0. The van der Waals surface area contributed by atoms with Gasteiger partial charge in [-0.3, -0.25) is 0 Å². The lowest BCUT2D eigenvalue weighted by atomic mass is 9.93. The first kappa shape index (κ1) is 17.5. The lowest BCUT2D eigenvalue weighted by Crippen LogP contribution is -2.55. The third-order valence-electron chi connectivity index (χ3n) is 4.02. The quantitative estimate of drug-likeness (QED) is 0.682. The minimum atomic E-state index is 0.0653. The van der Waals surface area contributed by atoms with Crippen molar-refractivity contribution in [1.29, 1.82) is 0 Å². The van der Waals surface area contributed by atoms with E-state index in [0.29, 0.717) is 0 Å². The largest absolute Gasteiger partial charge is 0.494 e. The van der Waals surface area contributed by atoms with Crippen molar-refractivity contribution < 1.29 is 9.47 Å². The molecule has 1 fully saturated rings. The Kier molecular flexibility index (Phi) is 5.75. The fraction of sp³-hybridized carbons (Fsp3) is 0.500. The predicted molar refractivity (Wildman–Crippen MR) is 97.2 cm³/mol. The maximum atomic E-state index is 6.16. The fourth-order valence-electron chi connectivity index (χ4n) is 3.20. The molecule has 0 spiro atoms. The van der Waals surface area contributed by atoms with Crippen LogP contribution in [0.2, 0.25) is 0 Å². The van der Waals surface area contributed by atoms with Crippen molar-refractivity contribution in [2.45, 2.75) is 53.7 Å². The lowest BCUT2D eigenvalue weighted by Gasteiger charge is -2.47. The van der Waals surface area contributed by atoms with Gasteiger partial charge >= 0.3 is 0 Å². The SMILES string of the molecule is CC.CC.CC1=CC2Oc3ccc(C)cc3N3CCOC(=C1)C23. The highest BCUT2D eigenvalue weighted by Crippen LogP contribution is 2.42. The second-order valence-electron chi connectivity index (χ2n) is 5.50. The molecule has 2 atom stereocenters. The molecule has 0 radical (unpaired) electrons. The number of benzene rings is 1. The van der Waals surface area contributed by atoms with E-state index in [2.05, 4.69) is 49.1 Å². The van der Waals surface area contributed by atoms with E-state index in [0.717, 1.165) is 24.7 Å². The van der Waals surface area contributed by atoms with E-state index in [1.165, 1.54) is 16.8 Å². The molecular formula is C20H29NO2. The number of anilines is 1. The maximum absolute atomic E-state index is 6.16. The molecule has 3 aliphatic rings. The molecule has 0 saturated carbocycles. The molecule has 4 rings (SSSR count). The molecule has 0 aromatic heterocycles. The molecule has 1 saturated heterocycles. The van der Waals surface area contributed by atoms with Crippen LogP contribution >= 0.6 is 0 Å². The fourth-order valence-corrected chi connectivity index (χ4v) is 3.20. The molecular weight excluding hydrogens is 286 g/mol. The topological polar surface area (TPSA) is 21.7 Å². The summed E-state index contributed by atoms with van der Waals surface area (Å²) in [4.78, 5) is 2.43. The Morgan fingerprint density at radius 2 is 1.83 bits per heavy atom. The maximum Gasteiger partial charge on any atom is 0.145 e. The number of morpholine rings is 1. The number of allylic oxidation sites excluding steroid dienone is 2. The van der Waals surface area contributed by atoms with Crippen LogP contribution in [0.3, 0.4) is 0 Å². The van der Waals surface area contributed by atoms with Crippen molar-refractivity contribution in [3.8, 4) is 5.75 Å². The Balaban J connectivity index is 0.000000448. The van der Waals surface area contributed by atoms with Crippen LogP contribution in [0.25, 0.3) is 0 Å². The highest BCUT2D eigenvalue weighted by Gasteiger charge is 2.42. The number of fused-ring (bicyclic) bond motifs is 2. The van der Waals surface area contributed by atoms with Gasteiger partial charge in [0.05, 0.1) is 12.2 Å². The van der Waals surface area contributed by atoms with Crippen LogP contribution in [0.1, 0.15) is 40.2 Å². The van der Waals surface area contributed by atoms with Crippen molar-refractivity contribution in [2.75, 3.05) is 18.1 Å². The first-order valence-electron chi connectivity index (χ1n) is 8.79. The zero-order chi connectivity index (χ0) is 17.0. The Bertz CT molecular complexity index is 604. The van der Waals surface area contributed by atoms with Gasteiger partial charge in [0.25, 0.3) is 0 Å². The van der Waals surface area contributed by atoms with Crippen LogP contribution in [-0.4, -0.2) is 25.3 Å². The Labute approximate surface area is 140 Å². The summed E-state index contributed by atoms with van der Waals surface area (Å²) >= 11 is 0. The number of nitrogens with zero attached hydrogens (tertiary/aromatic N) is 1. The number of ether oxygens (including phenoxy) is 2. The average Bonchev–Trinajstić information content (AvgIpc) is 2.59. The van der Waals surface area contributed by atoms with Crippen molar-refractivity contribution >= 4 is 5.69 Å². The first-order valence-corrected chi connectivity index (χ1v) is 8.79. The normalized spacial score (nSPS) is 23.1. The van der Waals surface area contributed by atoms with Gasteiger partial charge in [-0.2, -0.15) is 0 Å². The van der Waals surface area contributed by atoms with Gasteiger partial charge in [-0.15, -0.1) is 0 Å². The summed E-state index contributed by atoms with van der Waals surface area (Å²) in [6.07, 6.45) is 4.39. The summed E-state index contributed by atoms with van der Waals surface area (Å²) < 4.78 is 12.0. The summed E-state index contributed by atoms with van der Waals surface area (Å²) in [7, 11) is 0. The number of rotatable bonds is 0. The monoisotopic (exact) mass is 315 g/mol. The summed E-state index contributed by atoms with van der Waals surface area (Å²) in [5.41, 5.74) is 3.68. The van der Waals surface area contributed by atoms with Crippen molar-refractivity contribution in [2.24, 2.45) is 0 Å². The smallest absolute Gasteiger partial charge is 0.145 e. The average molecular weight is 315 g/mol. The molecule has 2 aliphatic heterocycles. The zero-order valence-corrected chi connectivity index (χ0v) is 15.2. The molecule has 0 bridgehead atoms. The Morgan fingerprint density at radius 3 is 2.57 bits per heavy atom. The molecule has 1 aromatic carbocycles.